The summed E-state index contributed by atoms with van der Waals surface area (Å²) in [5, 5.41) is 2.99. The summed E-state index contributed by atoms with van der Waals surface area (Å²) in [7, 11) is 3.99. The Hall–Kier alpha value is -1.55. The quantitative estimate of drug-likeness (QED) is 0.909. The maximum Gasteiger partial charge on any atom is 0.253 e. The molecule has 2 rings (SSSR count). The number of nitrogens with one attached hydrogen (secondary N) is 1. The van der Waals surface area contributed by atoms with Gasteiger partial charge in [0, 0.05) is 32.1 Å². The third-order valence-corrected chi connectivity index (χ3v) is 3.69. The number of ether oxygens (including phenoxy) is 1. The van der Waals surface area contributed by atoms with Crippen molar-refractivity contribution in [1.29, 1.82) is 0 Å². The summed E-state index contributed by atoms with van der Waals surface area (Å²) in [5.41, 5.74) is 3.04. The highest BCUT2D eigenvalue weighted by Crippen LogP contribution is 2.27. The van der Waals surface area contributed by atoms with E-state index >= 15 is 0 Å². The van der Waals surface area contributed by atoms with Crippen molar-refractivity contribution in [2.24, 2.45) is 5.92 Å². The number of carbonyl (C=O) groups is 1. The van der Waals surface area contributed by atoms with Gasteiger partial charge in [-0.25, -0.2) is 0 Å². The highest BCUT2D eigenvalue weighted by atomic mass is 16.5. The van der Waals surface area contributed by atoms with Crippen molar-refractivity contribution in [3.8, 4) is 0 Å². The van der Waals surface area contributed by atoms with Crippen LogP contribution >= 0.6 is 0 Å². The summed E-state index contributed by atoms with van der Waals surface area (Å²) in [4.78, 5) is 14.3. The predicted molar refractivity (Wildman–Crippen MR) is 77.7 cm³/mol. The topological polar surface area (TPSA) is 41.6 Å². The molecule has 1 amide bonds. The molecule has 1 heterocycles. The van der Waals surface area contributed by atoms with Gasteiger partial charge in [-0.2, -0.15) is 0 Å². The van der Waals surface area contributed by atoms with Gasteiger partial charge in [0.1, 0.15) is 6.10 Å². The van der Waals surface area contributed by atoms with Gasteiger partial charge in [-0.05, 0) is 37.0 Å². The summed E-state index contributed by atoms with van der Waals surface area (Å²) in [6.45, 7) is 4.75. The molecule has 1 fully saturated rings. The number of anilines is 2. The number of rotatable bonds is 3. The van der Waals surface area contributed by atoms with Crippen molar-refractivity contribution in [3.05, 3.63) is 23.8 Å². The largest absolute Gasteiger partial charge is 0.377 e. The van der Waals surface area contributed by atoms with E-state index in [0.29, 0.717) is 6.61 Å². The van der Waals surface area contributed by atoms with E-state index in [1.165, 1.54) is 0 Å². The number of amides is 1. The molecular weight excluding hydrogens is 240 g/mol. The number of hydrogen-bond acceptors (Lipinski definition) is 3. The van der Waals surface area contributed by atoms with Gasteiger partial charge in [0.15, 0.2) is 0 Å². The highest BCUT2D eigenvalue weighted by Gasteiger charge is 2.31. The van der Waals surface area contributed by atoms with Crippen LogP contribution in [0.3, 0.4) is 0 Å². The minimum Gasteiger partial charge on any atom is -0.377 e. The highest BCUT2D eigenvalue weighted by molar-refractivity contribution is 5.95. The zero-order chi connectivity index (χ0) is 14.0. The molecule has 1 aliphatic rings. The molecule has 1 aromatic rings. The molecule has 0 saturated carbocycles. The molecule has 0 radical (unpaired) electrons. The van der Waals surface area contributed by atoms with Crippen LogP contribution in [0.25, 0.3) is 0 Å². The molecule has 2 atom stereocenters. The molecule has 0 unspecified atom stereocenters. The van der Waals surface area contributed by atoms with Gasteiger partial charge >= 0.3 is 0 Å². The van der Waals surface area contributed by atoms with E-state index in [4.69, 9.17) is 4.74 Å². The summed E-state index contributed by atoms with van der Waals surface area (Å²) in [6.07, 6.45) is 0.636. The van der Waals surface area contributed by atoms with Crippen LogP contribution in [0.15, 0.2) is 18.2 Å². The van der Waals surface area contributed by atoms with Crippen LogP contribution in [-0.2, 0) is 9.53 Å². The summed E-state index contributed by atoms with van der Waals surface area (Å²) < 4.78 is 5.49. The lowest BCUT2D eigenvalue weighted by molar-refractivity contribution is -0.126. The smallest absolute Gasteiger partial charge is 0.253 e. The van der Waals surface area contributed by atoms with Gasteiger partial charge in [-0.3, -0.25) is 4.79 Å². The second-order valence-corrected chi connectivity index (χ2v) is 5.39. The van der Waals surface area contributed by atoms with Crippen LogP contribution in [-0.4, -0.2) is 32.7 Å². The van der Waals surface area contributed by atoms with Gasteiger partial charge in [-0.1, -0.05) is 13.0 Å². The van der Waals surface area contributed by atoms with Gasteiger partial charge in [0.25, 0.3) is 5.91 Å². The normalized spacial score (nSPS) is 22.3. The van der Waals surface area contributed by atoms with Gasteiger partial charge < -0.3 is 15.0 Å². The Morgan fingerprint density at radius 2 is 2.16 bits per heavy atom. The molecule has 4 heteroatoms. The lowest BCUT2D eigenvalue weighted by Gasteiger charge is -2.20. The lowest BCUT2D eigenvalue weighted by atomic mass is 10.0. The standard InChI is InChI=1S/C15H22N2O2/c1-10-8-9-19-14(10)15(18)16-12-6-5-7-13(11(12)2)17(3)4/h5-7,10,14H,8-9H2,1-4H3,(H,16,18)/t10-,14+/m0/s1. The minimum atomic E-state index is -0.317. The minimum absolute atomic E-state index is 0.0380. The number of carbonyl (C=O) groups excluding carboxylic acids is 1. The fourth-order valence-corrected chi connectivity index (χ4v) is 2.48. The van der Waals surface area contributed by atoms with Gasteiger partial charge in [0.2, 0.25) is 0 Å². The predicted octanol–water partition coefficient (Wildman–Crippen LogP) is 2.42. The van der Waals surface area contributed by atoms with Crippen molar-refractivity contribution < 1.29 is 9.53 Å². The van der Waals surface area contributed by atoms with Crippen molar-refractivity contribution in [2.45, 2.75) is 26.4 Å². The van der Waals surface area contributed by atoms with Crippen LogP contribution in [0, 0.1) is 12.8 Å². The Morgan fingerprint density at radius 1 is 1.42 bits per heavy atom. The Bertz CT molecular complexity index is 471. The summed E-state index contributed by atoms with van der Waals surface area (Å²) in [5.74, 6) is 0.251. The van der Waals surface area contributed by atoms with Crippen LogP contribution in [0.2, 0.25) is 0 Å². The van der Waals surface area contributed by atoms with Gasteiger partial charge in [0.05, 0.1) is 0 Å². The molecule has 1 N–H and O–H groups in total. The average Bonchev–Trinajstić information content (AvgIpc) is 2.77. The van der Waals surface area contributed by atoms with Crippen LogP contribution in [0.1, 0.15) is 18.9 Å². The Balaban J connectivity index is 2.15. The molecule has 0 bridgehead atoms. The first kappa shape index (κ1) is 13.9. The maximum absolute atomic E-state index is 12.2. The van der Waals surface area contributed by atoms with Gasteiger partial charge in [-0.15, -0.1) is 0 Å². The van der Waals surface area contributed by atoms with Crippen LogP contribution in [0.5, 0.6) is 0 Å². The fraction of sp³-hybridized carbons (Fsp3) is 0.533. The molecule has 0 aliphatic carbocycles. The molecule has 0 aromatic heterocycles. The Labute approximate surface area is 114 Å². The van der Waals surface area contributed by atoms with E-state index in [0.717, 1.165) is 23.4 Å². The summed E-state index contributed by atoms with van der Waals surface area (Å²) in [6, 6.07) is 5.93. The second-order valence-electron chi connectivity index (χ2n) is 5.39. The van der Waals surface area contributed by atoms with E-state index in [-0.39, 0.29) is 17.9 Å². The first-order valence-corrected chi connectivity index (χ1v) is 6.70. The van der Waals surface area contributed by atoms with Crippen LogP contribution in [0.4, 0.5) is 11.4 Å². The second kappa shape index (κ2) is 5.61. The number of benzene rings is 1. The zero-order valence-corrected chi connectivity index (χ0v) is 12.1. The molecule has 1 saturated heterocycles. The Kier molecular flexibility index (Phi) is 4.10. The molecule has 0 spiro atoms. The fourth-order valence-electron chi connectivity index (χ4n) is 2.48. The molecule has 1 aromatic carbocycles. The maximum atomic E-state index is 12.2. The van der Waals surface area contributed by atoms with E-state index in [1.807, 2.05) is 44.1 Å². The van der Waals surface area contributed by atoms with Crippen molar-refractivity contribution in [3.63, 3.8) is 0 Å². The molecule has 19 heavy (non-hydrogen) atoms. The SMILES string of the molecule is Cc1c(NC(=O)[C@@H]2OCC[C@@H]2C)cccc1N(C)C. The molecule has 1 aliphatic heterocycles. The van der Waals surface area contributed by atoms with E-state index in [2.05, 4.69) is 12.2 Å². The molecular formula is C15H22N2O2. The molecule has 4 nitrogen and oxygen atoms in total. The Morgan fingerprint density at radius 3 is 2.74 bits per heavy atom. The average molecular weight is 262 g/mol. The van der Waals surface area contributed by atoms with E-state index in [9.17, 15) is 4.79 Å². The van der Waals surface area contributed by atoms with Crippen molar-refractivity contribution in [1.82, 2.24) is 0 Å². The third kappa shape index (κ3) is 2.89. The summed E-state index contributed by atoms with van der Waals surface area (Å²) >= 11 is 0. The van der Waals surface area contributed by atoms with Crippen LogP contribution < -0.4 is 10.2 Å². The molecule has 104 valence electrons. The first-order valence-electron chi connectivity index (χ1n) is 6.70. The number of nitrogens with zero attached hydrogens (tertiary/aromatic N) is 1. The number of hydrogen-bond donors (Lipinski definition) is 1. The lowest BCUT2D eigenvalue weighted by Crippen LogP contribution is -2.31. The first-order chi connectivity index (χ1) is 9.00. The van der Waals surface area contributed by atoms with Crippen molar-refractivity contribution in [2.75, 3.05) is 30.9 Å². The van der Waals surface area contributed by atoms with E-state index in [1.54, 1.807) is 0 Å². The third-order valence-electron chi connectivity index (χ3n) is 3.69. The van der Waals surface area contributed by atoms with E-state index < -0.39 is 0 Å². The zero-order valence-electron chi connectivity index (χ0n) is 12.1. The van der Waals surface area contributed by atoms with Crippen molar-refractivity contribution >= 4 is 17.3 Å². The monoisotopic (exact) mass is 262 g/mol.